The Kier molecular flexibility index (Phi) is 3.45. The van der Waals surface area contributed by atoms with E-state index in [4.69, 9.17) is 4.74 Å². The Labute approximate surface area is 111 Å². The van der Waals surface area contributed by atoms with Crippen LogP contribution >= 0.6 is 0 Å². The maximum atomic E-state index is 12.6. The topological polar surface area (TPSA) is 73.2 Å². The van der Waals surface area contributed by atoms with Crippen LogP contribution in [0.15, 0.2) is 0 Å². The number of alkyl halides is 3. The molecule has 1 unspecified atom stereocenters. The predicted octanol–water partition coefficient (Wildman–Crippen LogP) is 1.04. The van der Waals surface area contributed by atoms with Crippen LogP contribution in [0, 0.1) is 6.92 Å². The number of aromatic nitrogens is 2. The molecule has 0 spiro atoms. The summed E-state index contributed by atoms with van der Waals surface area (Å²) in [6, 6.07) is -2.02. The molecule has 1 atom stereocenters. The van der Waals surface area contributed by atoms with Crippen molar-refractivity contribution in [1.29, 1.82) is 0 Å². The van der Waals surface area contributed by atoms with E-state index in [2.05, 4.69) is 5.10 Å². The monoisotopic (exact) mass is 291 g/mol. The van der Waals surface area contributed by atoms with Gasteiger partial charge in [0.25, 0.3) is 5.91 Å². The molecular weight excluding hydrogens is 279 g/mol. The molecule has 0 bridgehead atoms. The van der Waals surface area contributed by atoms with Gasteiger partial charge in [0.1, 0.15) is 17.3 Å². The maximum absolute atomic E-state index is 12.6. The standard InChI is InChI=1S/C11H12F3N3O3/c1-3-20-10(19)7-5(2)16-17-4-6(11(12,13)14)15-9(18)8(7)17/h6H,3-4H2,1-2H3,(H,15,18). The van der Waals surface area contributed by atoms with Crippen LogP contribution in [0.3, 0.4) is 0 Å². The lowest BCUT2D eigenvalue weighted by Crippen LogP contribution is -2.52. The zero-order valence-electron chi connectivity index (χ0n) is 10.7. The van der Waals surface area contributed by atoms with E-state index in [-0.39, 0.29) is 23.6 Å². The van der Waals surface area contributed by atoms with Crippen LogP contribution in [-0.4, -0.2) is 40.5 Å². The molecule has 20 heavy (non-hydrogen) atoms. The zero-order valence-corrected chi connectivity index (χ0v) is 10.7. The summed E-state index contributed by atoms with van der Waals surface area (Å²) in [4.78, 5) is 23.6. The smallest absolute Gasteiger partial charge is 0.410 e. The van der Waals surface area contributed by atoms with Crippen molar-refractivity contribution in [2.24, 2.45) is 0 Å². The second-order valence-corrected chi connectivity index (χ2v) is 4.28. The van der Waals surface area contributed by atoms with Crippen LogP contribution in [0.5, 0.6) is 0 Å². The molecule has 2 rings (SSSR count). The molecule has 0 radical (unpaired) electrons. The van der Waals surface area contributed by atoms with Crippen molar-refractivity contribution in [3.63, 3.8) is 0 Å². The third kappa shape index (κ3) is 2.35. The van der Waals surface area contributed by atoms with E-state index >= 15 is 0 Å². The first-order chi connectivity index (χ1) is 9.25. The number of carbonyl (C=O) groups excluding carboxylic acids is 2. The van der Waals surface area contributed by atoms with Crippen molar-refractivity contribution in [2.45, 2.75) is 32.6 Å². The number of carbonyl (C=O) groups is 2. The molecule has 0 saturated carbocycles. The van der Waals surface area contributed by atoms with Crippen LogP contribution in [0.25, 0.3) is 0 Å². The SMILES string of the molecule is CCOC(=O)c1c(C)nn2c1C(=O)NC(C(F)(F)F)C2. The van der Waals surface area contributed by atoms with Gasteiger partial charge in [-0.1, -0.05) is 0 Å². The predicted molar refractivity (Wildman–Crippen MR) is 60.2 cm³/mol. The fourth-order valence-electron chi connectivity index (χ4n) is 2.02. The zero-order chi connectivity index (χ0) is 15.1. The van der Waals surface area contributed by atoms with E-state index in [0.717, 1.165) is 4.68 Å². The minimum absolute atomic E-state index is 0.0926. The Morgan fingerprint density at radius 1 is 1.55 bits per heavy atom. The number of hydrogen-bond acceptors (Lipinski definition) is 4. The maximum Gasteiger partial charge on any atom is 0.410 e. The molecule has 0 saturated heterocycles. The normalized spacial score (nSPS) is 18.4. The number of nitrogens with one attached hydrogen (secondary N) is 1. The third-order valence-electron chi connectivity index (χ3n) is 2.88. The van der Waals surface area contributed by atoms with Crippen molar-refractivity contribution >= 4 is 11.9 Å². The molecule has 1 aromatic heterocycles. The summed E-state index contributed by atoms with van der Waals surface area (Å²) in [5, 5.41) is 5.65. The van der Waals surface area contributed by atoms with E-state index in [9.17, 15) is 22.8 Å². The fourth-order valence-corrected chi connectivity index (χ4v) is 2.02. The number of ether oxygens (including phenoxy) is 1. The summed E-state index contributed by atoms with van der Waals surface area (Å²) >= 11 is 0. The summed E-state index contributed by atoms with van der Waals surface area (Å²) in [5.41, 5.74) is -0.122. The highest BCUT2D eigenvalue weighted by Gasteiger charge is 2.45. The number of nitrogens with zero attached hydrogens (tertiary/aromatic N) is 2. The first kappa shape index (κ1) is 14.4. The number of rotatable bonds is 2. The van der Waals surface area contributed by atoms with Gasteiger partial charge in [-0.15, -0.1) is 0 Å². The number of amides is 1. The molecule has 1 N–H and O–H groups in total. The Hall–Kier alpha value is -2.06. The quantitative estimate of drug-likeness (QED) is 0.826. The van der Waals surface area contributed by atoms with Gasteiger partial charge in [-0.05, 0) is 13.8 Å². The number of aryl methyl sites for hydroxylation is 1. The van der Waals surface area contributed by atoms with Gasteiger partial charge in [0.2, 0.25) is 0 Å². The van der Waals surface area contributed by atoms with E-state index in [0.29, 0.717) is 0 Å². The van der Waals surface area contributed by atoms with Gasteiger partial charge in [-0.2, -0.15) is 18.3 Å². The van der Waals surface area contributed by atoms with E-state index in [1.165, 1.54) is 6.92 Å². The van der Waals surface area contributed by atoms with Crippen LogP contribution in [0.4, 0.5) is 13.2 Å². The molecule has 1 amide bonds. The highest BCUT2D eigenvalue weighted by Crippen LogP contribution is 2.27. The van der Waals surface area contributed by atoms with Crippen LogP contribution in [-0.2, 0) is 11.3 Å². The van der Waals surface area contributed by atoms with Gasteiger partial charge < -0.3 is 10.1 Å². The largest absolute Gasteiger partial charge is 0.462 e. The van der Waals surface area contributed by atoms with E-state index in [1.807, 2.05) is 5.32 Å². The van der Waals surface area contributed by atoms with Gasteiger partial charge in [-0.3, -0.25) is 9.48 Å². The Bertz CT molecular complexity index is 565. The summed E-state index contributed by atoms with van der Waals surface area (Å²) in [5.74, 6) is -1.76. The number of hydrogen-bond donors (Lipinski definition) is 1. The minimum Gasteiger partial charge on any atom is -0.462 e. The molecule has 1 aromatic rings. The summed E-state index contributed by atoms with van der Waals surface area (Å²) in [7, 11) is 0. The molecule has 9 heteroatoms. The summed E-state index contributed by atoms with van der Waals surface area (Å²) in [6.45, 7) is 2.55. The van der Waals surface area contributed by atoms with Gasteiger partial charge >= 0.3 is 12.1 Å². The van der Waals surface area contributed by atoms with Gasteiger partial charge in [0.15, 0.2) is 0 Å². The molecule has 6 nitrogen and oxygen atoms in total. The molecular formula is C11H12F3N3O3. The van der Waals surface area contributed by atoms with Crippen molar-refractivity contribution in [3.05, 3.63) is 17.0 Å². The molecule has 110 valence electrons. The lowest BCUT2D eigenvalue weighted by molar-refractivity contribution is -0.158. The lowest BCUT2D eigenvalue weighted by atomic mass is 10.1. The summed E-state index contributed by atoms with van der Waals surface area (Å²) < 4.78 is 43.6. The van der Waals surface area contributed by atoms with Gasteiger partial charge in [0.05, 0.1) is 18.8 Å². The highest BCUT2D eigenvalue weighted by molar-refractivity contribution is 6.05. The minimum atomic E-state index is -4.57. The van der Waals surface area contributed by atoms with Crippen molar-refractivity contribution in [1.82, 2.24) is 15.1 Å². The van der Waals surface area contributed by atoms with E-state index < -0.39 is 30.6 Å². The van der Waals surface area contributed by atoms with Crippen LogP contribution < -0.4 is 5.32 Å². The molecule has 1 aliphatic heterocycles. The first-order valence-electron chi connectivity index (χ1n) is 5.87. The van der Waals surface area contributed by atoms with E-state index in [1.54, 1.807) is 6.92 Å². The van der Waals surface area contributed by atoms with Crippen LogP contribution in [0.2, 0.25) is 0 Å². The lowest BCUT2D eigenvalue weighted by Gasteiger charge is -2.26. The summed E-state index contributed by atoms with van der Waals surface area (Å²) in [6.07, 6.45) is -4.57. The number of halogens is 3. The molecule has 2 heterocycles. The average Bonchev–Trinajstić information content (AvgIpc) is 2.65. The Morgan fingerprint density at radius 2 is 2.20 bits per heavy atom. The van der Waals surface area contributed by atoms with Gasteiger partial charge in [0, 0.05) is 0 Å². The number of fused-ring (bicyclic) bond motifs is 1. The highest BCUT2D eigenvalue weighted by atomic mass is 19.4. The average molecular weight is 291 g/mol. The van der Waals surface area contributed by atoms with Gasteiger partial charge in [-0.25, -0.2) is 4.79 Å². The molecule has 1 aliphatic rings. The number of esters is 1. The molecule has 0 fully saturated rings. The second-order valence-electron chi connectivity index (χ2n) is 4.28. The third-order valence-corrected chi connectivity index (χ3v) is 2.88. The van der Waals surface area contributed by atoms with Crippen molar-refractivity contribution < 1.29 is 27.5 Å². The van der Waals surface area contributed by atoms with Crippen molar-refractivity contribution in [2.75, 3.05) is 6.61 Å². The van der Waals surface area contributed by atoms with Crippen molar-refractivity contribution in [3.8, 4) is 0 Å². The molecule has 0 aliphatic carbocycles. The Morgan fingerprint density at radius 3 is 2.75 bits per heavy atom. The molecule has 0 aromatic carbocycles. The Balaban J connectivity index is 2.43. The second kappa shape index (κ2) is 4.80. The first-order valence-corrected chi connectivity index (χ1v) is 5.87. The fraction of sp³-hybridized carbons (Fsp3) is 0.545. The van der Waals surface area contributed by atoms with Crippen LogP contribution in [0.1, 0.15) is 33.5 Å².